The van der Waals surface area contributed by atoms with Crippen LogP contribution >= 0.6 is 34.8 Å². The lowest BCUT2D eigenvalue weighted by Gasteiger charge is -2.09. The second-order valence-corrected chi connectivity index (χ2v) is 5.43. The molecule has 0 aliphatic carbocycles. The summed E-state index contributed by atoms with van der Waals surface area (Å²) >= 11 is 17.5. The number of carbonyl (C=O) groups excluding carboxylic acids is 1. The number of amides is 1. The van der Waals surface area contributed by atoms with E-state index < -0.39 is 0 Å². The summed E-state index contributed by atoms with van der Waals surface area (Å²) in [7, 11) is 0. The van der Waals surface area contributed by atoms with Gasteiger partial charge in [0.25, 0.3) is 5.91 Å². The first-order valence-electron chi connectivity index (χ1n) is 5.83. The van der Waals surface area contributed by atoms with E-state index in [-0.39, 0.29) is 5.91 Å². The van der Waals surface area contributed by atoms with Crippen LogP contribution in [0.1, 0.15) is 30.1 Å². The normalized spacial score (nSPS) is 12.2. The molecule has 1 N–H and O–H groups in total. The average molecular weight is 309 g/mol. The molecule has 0 heterocycles. The van der Waals surface area contributed by atoms with E-state index in [2.05, 4.69) is 12.2 Å². The molecule has 1 aromatic rings. The van der Waals surface area contributed by atoms with Gasteiger partial charge in [-0.2, -0.15) is 0 Å². The largest absolute Gasteiger partial charge is 0.352 e. The number of halogens is 3. The Labute approximate surface area is 123 Å². The number of nitrogens with one attached hydrogen (secondary N) is 1. The fourth-order valence-electron chi connectivity index (χ4n) is 1.50. The minimum Gasteiger partial charge on any atom is -0.352 e. The van der Waals surface area contributed by atoms with Crippen LogP contribution in [0, 0.1) is 5.92 Å². The molecule has 1 atom stereocenters. The number of hydrogen-bond acceptors (Lipinski definition) is 1. The Balaban J connectivity index is 2.43. The monoisotopic (exact) mass is 307 g/mol. The Hall–Kier alpha value is -0.440. The number of hydrogen-bond donors (Lipinski definition) is 1. The lowest BCUT2D eigenvalue weighted by molar-refractivity contribution is 0.0952. The second kappa shape index (κ2) is 7.88. The third kappa shape index (κ3) is 5.05. The van der Waals surface area contributed by atoms with Gasteiger partial charge in [-0.15, -0.1) is 11.6 Å². The molecule has 2 nitrogen and oxygen atoms in total. The van der Waals surface area contributed by atoms with Crippen LogP contribution in [-0.2, 0) is 0 Å². The molecule has 1 amide bonds. The zero-order chi connectivity index (χ0) is 13.5. The highest BCUT2D eigenvalue weighted by atomic mass is 35.5. The maximum atomic E-state index is 11.9. The highest BCUT2D eigenvalue weighted by Gasteiger charge is 2.10. The summed E-state index contributed by atoms with van der Waals surface area (Å²) < 4.78 is 0. The van der Waals surface area contributed by atoms with E-state index in [4.69, 9.17) is 34.8 Å². The highest BCUT2D eigenvalue weighted by molar-refractivity contribution is 6.35. The van der Waals surface area contributed by atoms with Crippen molar-refractivity contribution in [3.8, 4) is 0 Å². The Morgan fingerprint density at radius 1 is 1.39 bits per heavy atom. The van der Waals surface area contributed by atoms with Crippen LogP contribution < -0.4 is 5.32 Å². The van der Waals surface area contributed by atoms with Crippen molar-refractivity contribution in [1.29, 1.82) is 0 Å². The Bertz CT molecular complexity index is 409. The van der Waals surface area contributed by atoms with Crippen LogP contribution in [0.5, 0.6) is 0 Å². The lowest BCUT2D eigenvalue weighted by Crippen LogP contribution is -2.25. The molecule has 1 rings (SSSR count). The van der Waals surface area contributed by atoms with Crippen molar-refractivity contribution in [2.45, 2.75) is 19.8 Å². The summed E-state index contributed by atoms with van der Waals surface area (Å²) in [5.41, 5.74) is 0.412. The number of alkyl halides is 1. The number of carbonyl (C=O) groups is 1. The first-order chi connectivity index (χ1) is 8.54. The smallest absolute Gasteiger partial charge is 0.252 e. The minimum absolute atomic E-state index is 0.193. The number of benzene rings is 1. The topological polar surface area (TPSA) is 29.1 Å². The Kier molecular flexibility index (Phi) is 6.83. The average Bonchev–Trinajstić information content (AvgIpc) is 2.36. The predicted octanol–water partition coefficient (Wildman–Crippen LogP) is 4.38. The standard InChI is InChI=1S/C13H16Cl3NO/c1-9(8-14)3-2-6-17-13(18)11-7-10(15)4-5-12(11)16/h4-5,7,9H,2-3,6,8H2,1H3,(H,17,18). The minimum atomic E-state index is -0.193. The summed E-state index contributed by atoms with van der Waals surface area (Å²) in [5.74, 6) is 0.924. The van der Waals surface area contributed by atoms with Gasteiger partial charge in [-0.05, 0) is 37.0 Å². The van der Waals surface area contributed by atoms with E-state index in [9.17, 15) is 4.79 Å². The van der Waals surface area contributed by atoms with Gasteiger partial charge in [0.05, 0.1) is 10.6 Å². The summed E-state index contributed by atoms with van der Waals surface area (Å²) in [6, 6.07) is 4.85. The SMILES string of the molecule is CC(CCl)CCCNC(=O)c1cc(Cl)ccc1Cl. The van der Waals surface area contributed by atoms with E-state index >= 15 is 0 Å². The molecule has 100 valence electrons. The van der Waals surface area contributed by atoms with E-state index in [0.29, 0.717) is 34.0 Å². The van der Waals surface area contributed by atoms with Crippen molar-refractivity contribution in [3.63, 3.8) is 0 Å². The molecule has 0 aromatic heterocycles. The summed E-state index contributed by atoms with van der Waals surface area (Å²) in [5, 5.41) is 3.73. The molecule has 0 fully saturated rings. The van der Waals surface area contributed by atoms with Gasteiger partial charge in [0.1, 0.15) is 0 Å². The molecule has 1 unspecified atom stereocenters. The molecule has 0 aliphatic rings. The van der Waals surface area contributed by atoms with Gasteiger partial charge in [0, 0.05) is 17.4 Å². The van der Waals surface area contributed by atoms with E-state index in [1.165, 1.54) is 0 Å². The highest BCUT2D eigenvalue weighted by Crippen LogP contribution is 2.20. The Morgan fingerprint density at radius 3 is 2.78 bits per heavy atom. The molecule has 0 aliphatic heterocycles. The quantitative estimate of drug-likeness (QED) is 0.613. The molecule has 0 radical (unpaired) electrons. The van der Waals surface area contributed by atoms with Crippen LogP contribution in [-0.4, -0.2) is 18.3 Å². The van der Waals surface area contributed by atoms with Crippen molar-refractivity contribution in [2.75, 3.05) is 12.4 Å². The third-order valence-corrected chi connectivity index (χ3v) is 3.69. The molecule has 5 heteroatoms. The maximum absolute atomic E-state index is 11.9. The molecular weight excluding hydrogens is 293 g/mol. The van der Waals surface area contributed by atoms with Crippen LogP contribution in [0.25, 0.3) is 0 Å². The molecule has 0 spiro atoms. The van der Waals surface area contributed by atoms with Crippen molar-refractivity contribution in [2.24, 2.45) is 5.92 Å². The molecule has 1 aromatic carbocycles. The zero-order valence-corrected chi connectivity index (χ0v) is 12.4. The van der Waals surface area contributed by atoms with Gasteiger partial charge >= 0.3 is 0 Å². The van der Waals surface area contributed by atoms with E-state index in [0.717, 1.165) is 12.8 Å². The number of rotatable bonds is 6. The lowest BCUT2D eigenvalue weighted by atomic mass is 10.1. The zero-order valence-electron chi connectivity index (χ0n) is 10.2. The van der Waals surface area contributed by atoms with Crippen molar-refractivity contribution < 1.29 is 4.79 Å². The molecule has 18 heavy (non-hydrogen) atoms. The van der Waals surface area contributed by atoms with Crippen LogP contribution in [0.4, 0.5) is 0 Å². The summed E-state index contributed by atoms with van der Waals surface area (Å²) in [6.07, 6.45) is 1.89. The predicted molar refractivity (Wildman–Crippen MR) is 77.9 cm³/mol. The van der Waals surface area contributed by atoms with Crippen molar-refractivity contribution in [3.05, 3.63) is 33.8 Å². The molecule has 0 saturated carbocycles. The molecule has 0 bridgehead atoms. The van der Waals surface area contributed by atoms with Gasteiger partial charge in [0.2, 0.25) is 0 Å². The third-order valence-electron chi connectivity index (χ3n) is 2.60. The Morgan fingerprint density at radius 2 is 2.11 bits per heavy atom. The maximum Gasteiger partial charge on any atom is 0.252 e. The van der Waals surface area contributed by atoms with Gasteiger partial charge in [0.15, 0.2) is 0 Å². The van der Waals surface area contributed by atoms with Gasteiger partial charge < -0.3 is 5.32 Å². The molecular formula is C13H16Cl3NO. The van der Waals surface area contributed by atoms with Gasteiger partial charge in [-0.3, -0.25) is 4.79 Å². The van der Waals surface area contributed by atoms with Crippen LogP contribution in [0.3, 0.4) is 0 Å². The van der Waals surface area contributed by atoms with E-state index in [1.807, 2.05) is 0 Å². The molecule has 0 saturated heterocycles. The van der Waals surface area contributed by atoms with E-state index in [1.54, 1.807) is 18.2 Å². The van der Waals surface area contributed by atoms with Crippen molar-refractivity contribution in [1.82, 2.24) is 5.32 Å². The van der Waals surface area contributed by atoms with Crippen LogP contribution in [0.2, 0.25) is 10.0 Å². The fraction of sp³-hybridized carbons (Fsp3) is 0.462. The first kappa shape index (κ1) is 15.6. The van der Waals surface area contributed by atoms with Gasteiger partial charge in [-0.1, -0.05) is 30.1 Å². The first-order valence-corrected chi connectivity index (χ1v) is 7.13. The second-order valence-electron chi connectivity index (χ2n) is 4.28. The summed E-state index contributed by atoms with van der Waals surface area (Å²) in [6.45, 7) is 2.70. The van der Waals surface area contributed by atoms with Crippen molar-refractivity contribution >= 4 is 40.7 Å². The van der Waals surface area contributed by atoms with Gasteiger partial charge in [-0.25, -0.2) is 0 Å². The summed E-state index contributed by atoms with van der Waals surface area (Å²) in [4.78, 5) is 11.9. The fourth-order valence-corrected chi connectivity index (χ4v) is 2.03. The van der Waals surface area contributed by atoms with Crippen LogP contribution in [0.15, 0.2) is 18.2 Å².